The number of benzene rings is 3. The highest BCUT2D eigenvalue weighted by molar-refractivity contribution is 8.06. The number of hydrogen-bond acceptors (Lipinski definition) is 1. The minimum atomic E-state index is -6.30. The van der Waals surface area contributed by atoms with Crippen molar-refractivity contribution in [2.45, 2.75) is 12.7 Å². The summed E-state index contributed by atoms with van der Waals surface area (Å²) in [6, 6.07) is 19.6. The van der Waals surface area contributed by atoms with Gasteiger partial charge in [-0.2, -0.15) is 0 Å². The summed E-state index contributed by atoms with van der Waals surface area (Å²) in [5.41, 5.74) is -0.736. The minimum Gasteiger partial charge on any atom is -0.445 e. The van der Waals surface area contributed by atoms with Gasteiger partial charge in [-0.3, -0.25) is 0 Å². The molecule has 0 bridgehead atoms. The van der Waals surface area contributed by atoms with E-state index < -0.39 is 51.5 Å². The molecule has 0 spiro atoms. The highest BCUT2D eigenvalue weighted by Gasteiger charge is 2.37. The predicted molar refractivity (Wildman–Crippen MR) is 117 cm³/mol. The van der Waals surface area contributed by atoms with Crippen molar-refractivity contribution in [3.8, 4) is 11.2 Å². The van der Waals surface area contributed by atoms with Gasteiger partial charge in [0.1, 0.15) is 23.1 Å². The average molecular weight is 504 g/mol. The summed E-state index contributed by atoms with van der Waals surface area (Å²) in [6.07, 6.45) is 0. The first kappa shape index (κ1) is 27.1. The first-order valence-corrected chi connectivity index (χ1v) is 11.6. The zero-order valence-electron chi connectivity index (χ0n) is 17.6. The van der Waals surface area contributed by atoms with Gasteiger partial charge in [-0.05, 0) is 30.4 Å². The van der Waals surface area contributed by atoms with E-state index in [1.54, 1.807) is 0 Å². The zero-order valence-corrected chi connectivity index (χ0v) is 18.4. The van der Waals surface area contributed by atoms with Crippen molar-refractivity contribution >= 4 is 22.4 Å². The third-order valence-corrected chi connectivity index (χ3v) is 6.64. The molecule has 0 saturated carbocycles. The summed E-state index contributed by atoms with van der Waals surface area (Å²) in [5.74, 6) is -9.41. The van der Waals surface area contributed by atoms with Crippen LogP contribution in [-0.4, -0.2) is 12.7 Å². The molecule has 0 amide bonds. The van der Waals surface area contributed by atoms with Gasteiger partial charge in [0, 0.05) is 11.1 Å². The number of rotatable bonds is 4. The number of halogens is 8. The van der Waals surface area contributed by atoms with Crippen LogP contribution in [0.3, 0.4) is 0 Å². The topological polar surface area (TPSA) is 17.1 Å². The van der Waals surface area contributed by atoms with E-state index in [0.717, 1.165) is 11.1 Å². The standard InChI is InChI=1S/C17H17OS.C6BF8/c1-2-19(18,15-17-11-7-4-8-12-17)14-13-16-9-5-3-6-10-16;8-2-1(7(13,14)15)3(9)5(11)6(12)4(2)10/h3-12H,2,15H2,1H3;/q+1;-1. The summed E-state index contributed by atoms with van der Waals surface area (Å²) < 4.78 is 110. The summed E-state index contributed by atoms with van der Waals surface area (Å²) in [5, 5.41) is 2.99. The molecule has 0 aliphatic heterocycles. The fourth-order valence-electron chi connectivity index (χ4n) is 2.64. The Balaban J connectivity index is 0.000000248. The van der Waals surface area contributed by atoms with E-state index in [4.69, 9.17) is 0 Å². The monoisotopic (exact) mass is 504 g/mol. The van der Waals surface area contributed by atoms with Crippen molar-refractivity contribution in [2.75, 3.05) is 5.75 Å². The van der Waals surface area contributed by atoms with E-state index >= 15 is 0 Å². The Morgan fingerprint density at radius 2 is 1.18 bits per heavy atom. The fourth-order valence-corrected chi connectivity index (χ4v) is 4.09. The Kier molecular flexibility index (Phi) is 9.04. The Hall–Kier alpha value is -3.13. The van der Waals surface area contributed by atoms with Gasteiger partial charge in [-0.25, -0.2) is 22.0 Å². The van der Waals surface area contributed by atoms with Crippen LogP contribution in [0.15, 0.2) is 60.7 Å². The molecule has 0 radical (unpaired) electrons. The van der Waals surface area contributed by atoms with Crippen molar-refractivity contribution in [1.82, 2.24) is 0 Å². The van der Waals surface area contributed by atoms with Crippen LogP contribution in [0, 0.1) is 40.3 Å². The van der Waals surface area contributed by atoms with E-state index in [-0.39, 0.29) is 0 Å². The van der Waals surface area contributed by atoms with Crippen LogP contribution in [0.1, 0.15) is 18.1 Å². The average Bonchev–Trinajstić information content (AvgIpc) is 2.81. The molecule has 11 heteroatoms. The maximum atomic E-state index is 12.7. The SMILES string of the molecule is CC[S+](=O)(C#Cc1ccccc1)Cc1ccccc1.Fc1c(F)c(F)c([B-](F)(F)F)c(F)c1F. The molecule has 180 valence electrons. The lowest BCUT2D eigenvalue weighted by atomic mass is 9.79. The first-order valence-electron chi connectivity index (χ1n) is 9.72. The van der Waals surface area contributed by atoms with Gasteiger partial charge in [0.05, 0.1) is 0 Å². The normalized spacial score (nSPS) is 12.6. The molecule has 1 unspecified atom stereocenters. The Labute approximate surface area is 192 Å². The lowest BCUT2D eigenvalue weighted by molar-refractivity contribution is 0.377. The molecule has 0 aliphatic rings. The van der Waals surface area contributed by atoms with Gasteiger partial charge in [-0.15, -0.1) is 0 Å². The van der Waals surface area contributed by atoms with Crippen molar-refractivity contribution < 1.29 is 39.1 Å². The van der Waals surface area contributed by atoms with Crippen LogP contribution in [0.4, 0.5) is 34.9 Å². The van der Waals surface area contributed by atoms with Crippen LogP contribution in [0.25, 0.3) is 0 Å². The maximum Gasteiger partial charge on any atom is 0.515 e. The molecule has 0 fully saturated rings. The molecule has 3 aromatic carbocycles. The molecule has 3 aromatic rings. The second-order valence-corrected chi connectivity index (χ2v) is 9.58. The van der Waals surface area contributed by atoms with E-state index in [2.05, 4.69) is 11.2 Å². The van der Waals surface area contributed by atoms with Crippen molar-refractivity contribution in [2.24, 2.45) is 0 Å². The zero-order chi connectivity index (χ0) is 25.5. The van der Waals surface area contributed by atoms with Gasteiger partial charge in [0.15, 0.2) is 32.6 Å². The largest absolute Gasteiger partial charge is 0.515 e. The van der Waals surface area contributed by atoms with Crippen molar-refractivity contribution in [3.63, 3.8) is 0 Å². The summed E-state index contributed by atoms with van der Waals surface area (Å²) in [4.78, 5) is 0. The molecular weight excluding hydrogens is 487 g/mol. The van der Waals surface area contributed by atoms with Crippen LogP contribution in [0.2, 0.25) is 0 Å². The molecule has 1 atom stereocenters. The molecule has 0 heterocycles. The van der Waals surface area contributed by atoms with E-state index in [1.807, 2.05) is 67.6 Å². The van der Waals surface area contributed by atoms with Gasteiger partial charge >= 0.3 is 6.98 Å². The Morgan fingerprint density at radius 3 is 1.62 bits per heavy atom. The summed E-state index contributed by atoms with van der Waals surface area (Å²) in [6.45, 7) is -4.37. The second-order valence-electron chi connectivity index (χ2n) is 6.88. The smallest absolute Gasteiger partial charge is 0.445 e. The summed E-state index contributed by atoms with van der Waals surface area (Å²) in [7, 11) is -2.14. The van der Waals surface area contributed by atoms with Crippen LogP contribution in [0.5, 0.6) is 0 Å². The molecular formula is C23H17BF8OS. The highest BCUT2D eigenvalue weighted by Crippen LogP contribution is 2.21. The minimum absolute atomic E-state index is 0.532. The predicted octanol–water partition coefficient (Wildman–Crippen LogP) is 6.15. The van der Waals surface area contributed by atoms with E-state index in [9.17, 15) is 39.1 Å². The molecule has 0 saturated heterocycles. The third-order valence-electron chi connectivity index (χ3n) is 4.44. The second kappa shape index (κ2) is 11.3. The molecule has 0 aromatic heterocycles. The van der Waals surface area contributed by atoms with Crippen LogP contribution >= 0.6 is 0 Å². The lowest BCUT2D eigenvalue weighted by Crippen LogP contribution is -2.41. The molecule has 1 nitrogen and oxygen atoms in total. The number of hydrogen-bond donors (Lipinski definition) is 0. The summed E-state index contributed by atoms with van der Waals surface area (Å²) >= 11 is 0. The molecule has 3 rings (SSSR count). The lowest BCUT2D eigenvalue weighted by Gasteiger charge is -2.17. The Bertz CT molecular complexity index is 1210. The van der Waals surface area contributed by atoms with Crippen molar-refractivity contribution in [1.29, 1.82) is 0 Å². The maximum absolute atomic E-state index is 12.7. The third kappa shape index (κ3) is 6.94. The van der Waals surface area contributed by atoms with Gasteiger partial charge < -0.3 is 12.9 Å². The van der Waals surface area contributed by atoms with Gasteiger partial charge in [-0.1, -0.05) is 52.7 Å². The van der Waals surface area contributed by atoms with E-state index in [0.29, 0.717) is 11.5 Å². The van der Waals surface area contributed by atoms with E-state index in [1.165, 1.54) is 0 Å². The fraction of sp³-hybridized carbons (Fsp3) is 0.130. The molecule has 0 aliphatic carbocycles. The van der Waals surface area contributed by atoms with Gasteiger partial charge in [0.2, 0.25) is 0 Å². The molecule has 34 heavy (non-hydrogen) atoms. The van der Waals surface area contributed by atoms with Crippen LogP contribution < -0.4 is 5.46 Å². The molecule has 0 N–H and O–H groups in total. The van der Waals surface area contributed by atoms with Gasteiger partial charge in [0.25, 0.3) is 0 Å². The first-order chi connectivity index (χ1) is 15.9. The van der Waals surface area contributed by atoms with Crippen molar-refractivity contribution in [3.05, 3.63) is 101 Å². The Morgan fingerprint density at radius 1 is 0.735 bits per heavy atom. The van der Waals surface area contributed by atoms with Crippen LogP contribution in [-0.2, 0) is 19.9 Å². The highest BCUT2D eigenvalue weighted by atomic mass is 32.2. The quantitative estimate of drug-likeness (QED) is 0.104.